The molecule has 0 spiro atoms. The van der Waals surface area contributed by atoms with Gasteiger partial charge in [-0.3, -0.25) is 4.79 Å². The predicted octanol–water partition coefficient (Wildman–Crippen LogP) is 5.62. The number of nitrogens with two attached hydrogens (primary N) is 1. The third-order valence-electron chi connectivity index (χ3n) is 4.63. The Morgan fingerprint density at radius 3 is 1.74 bits per heavy atom. The molecular formula is C21H41CoNO3S+2. The number of ether oxygens (including phenoxy) is 1. The Labute approximate surface area is 181 Å². The van der Waals surface area contributed by atoms with Crippen LogP contribution in [0.3, 0.4) is 0 Å². The van der Waals surface area contributed by atoms with E-state index >= 15 is 0 Å². The van der Waals surface area contributed by atoms with Gasteiger partial charge in [0.2, 0.25) is 0 Å². The summed E-state index contributed by atoms with van der Waals surface area (Å²) in [5.41, 5.74) is 5.69. The fourth-order valence-electron chi connectivity index (χ4n) is 2.89. The van der Waals surface area contributed by atoms with Crippen LogP contribution in [0.2, 0.25) is 0 Å². The van der Waals surface area contributed by atoms with Gasteiger partial charge in [0, 0.05) is 6.42 Å². The molecule has 0 aliphatic rings. The van der Waals surface area contributed by atoms with Crippen LogP contribution < -0.4 is 5.73 Å². The normalized spacial score (nSPS) is 11.7. The van der Waals surface area contributed by atoms with E-state index in [1.807, 2.05) is 6.26 Å². The number of carbonyl (C=O) groups is 2. The van der Waals surface area contributed by atoms with Crippen molar-refractivity contribution in [2.75, 3.05) is 12.0 Å². The average Bonchev–Trinajstić information content (AvgIpc) is 2.63. The minimum Gasteiger partial charge on any atom is -0.392 e. The quantitative estimate of drug-likeness (QED) is 0.168. The molecule has 27 heavy (non-hydrogen) atoms. The molecule has 0 aromatic rings. The molecule has 1 atom stereocenters. The van der Waals surface area contributed by atoms with Crippen molar-refractivity contribution in [3.8, 4) is 0 Å². The third kappa shape index (κ3) is 20.5. The monoisotopic (exact) mass is 446 g/mol. The summed E-state index contributed by atoms with van der Waals surface area (Å²) < 4.78 is 4.80. The van der Waals surface area contributed by atoms with Crippen LogP contribution in [0.25, 0.3) is 0 Å². The zero-order chi connectivity index (χ0) is 19.5. The summed E-state index contributed by atoms with van der Waals surface area (Å²) in [4.78, 5) is 23.2. The zero-order valence-corrected chi connectivity index (χ0v) is 19.3. The van der Waals surface area contributed by atoms with E-state index in [0.717, 1.165) is 25.0 Å². The van der Waals surface area contributed by atoms with Gasteiger partial charge in [0.05, 0.1) is 0 Å². The summed E-state index contributed by atoms with van der Waals surface area (Å²) in [6, 6.07) is -0.682. The van der Waals surface area contributed by atoms with Crippen molar-refractivity contribution in [3.63, 3.8) is 0 Å². The Bertz CT molecular complexity index is 356. The topological polar surface area (TPSA) is 69.4 Å². The molecule has 0 aliphatic carbocycles. The maximum atomic E-state index is 11.6. The molecule has 0 rings (SSSR count). The van der Waals surface area contributed by atoms with Crippen LogP contribution in [-0.2, 0) is 31.1 Å². The molecule has 0 saturated carbocycles. The molecule has 0 bridgehead atoms. The van der Waals surface area contributed by atoms with E-state index in [2.05, 4.69) is 6.92 Å². The number of thioether (sulfide) groups is 1. The second kappa shape index (κ2) is 22.2. The van der Waals surface area contributed by atoms with Gasteiger partial charge in [0.15, 0.2) is 0 Å². The van der Waals surface area contributed by atoms with Gasteiger partial charge in [0.25, 0.3) is 0 Å². The first-order valence-corrected chi connectivity index (χ1v) is 12.0. The number of esters is 2. The van der Waals surface area contributed by atoms with Crippen LogP contribution in [0.5, 0.6) is 0 Å². The van der Waals surface area contributed by atoms with E-state index in [1.54, 1.807) is 11.8 Å². The second-order valence-electron chi connectivity index (χ2n) is 7.17. The molecule has 0 amide bonds. The van der Waals surface area contributed by atoms with Crippen molar-refractivity contribution in [2.45, 2.75) is 109 Å². The van der Waals surface area contributed by atoms with Crippen LogP contribution in [0.15, 0.2) is 0 Å². The molecule has 4 nitrogen and oxygen atoms in total. The molecule has 6 heteroatoms. The smallest absolute Gasteiger partial charge is 0.392 e. The van der Waals surface area contributed by atoms with Gasteiger partial charge in [-0.05, 0) is 24.9 Å². The van der Waals surface area contributed by atoms with E-state index < -0.39 is 18.0 Å². The Hall–Kier alpha value is -0.0435. The Morgan fingerprint density at radius 1 is 0.852 bits per heavy atom. The fraction of sp³-hybridized carbons (Fsp3) is 0.905. The Kier molecular flexibility index (Phi) is 24.0. The minimum absolute atomic E-state index is 0. The van der Waals surface area contributed by atoms with E-state index in [0.29, 0.717) is 12.8 Å². The largest absolute Gasteiger partial charge is 2.00 e. The van der Waals surface area contributed by atoms with E-state index in [-0.39, 0.29) is 16.8 Å². The van der Waals surface area contributed by atoms with Crippen LogP contribution in [0.1, 0.15) is 103 Å². The molecule has 1 unspecified atom stereocenters. The van der Waals surface area contributed by atoms with Gasteiger partial charge in [-0.25, -0.2) is 4.79 Å². The van der Waals surface area contributed by atoms with Gasteiger partial charge >= 0.3 is 28.7 Å². The number of unbranched alkanes of at least 4 members (excludes halogenated alkanes) is 12. The molecule has 2 N–H and O–H groups in total. The Balaban J connectivity index is 0. The van der Waals surface area contributed by atoms with Crippen molar-refractivity contribution in [3.05, 3.63) is 0 Å². The summed E-state index contributed by atoms with van der Waals surface area (Å²) in [5, 5.41) is 0. The molecule has 161 valence electrons. The standard InChI is InChI=1S/C21H41NO3S.Co/c1-3-4-5-6-7-8-9-10-11-12-13-14-15-16-20(23)25-21(24)19(22)17-18-26-2;/h19H,3-18,22H2,1-2H3;/q;+2. The summed E-state index contributed by atoms with van der Waals surface area (Å²) >= 11 is 1.62. The van der Waals surface area contributed by atoms with Crippen LogP contribution in [-0.4, -0.2) is 30.0 Å². The summed E-state index contributed by atoms with van der Waals surface area (Å²) in [7, 11) is 0. The predicted molar refractivity (Wildman–Crippen MR) is 112 cm³/mol. The van der Waals surface area contributed by atoms with Crippen LogP contribution in [0, 0.1) is 0 Å². The molecule has 1 radical (unpaired) electrons. The Morgan fingerprint density at radius 2 is 1.30 bits per heavy atom. The van der Waals surface area contributed by atoms with Crippen molar-refractivity contribution in [1.82, 2.24) is 0 Å². The third-order valence-corrected chi connectivity index (χ3v) is 5.28. The first-order chi connectivity index (χ1) is 12.6. The van der Waals surface area contributed by atoms with Gasteiger partial charge in [0.1, 0.15) is 6.04 Å². The van der Waals surface area contributed by atoms with Crippen molar-refractivity contribution in [1.29, 1.82) is 0 Å². The number of rotatable bonds is 18. The average molecular weight is 447 g/mol. The van der Waals surface area contributed by atoms with Crippen molar-refractivity contribution in [2.24, 2.45) is 5.73 Å². The zero-order valence-electron chi connectivity index (χ0n) is 17.4. The van der Waals surface area contributed by atoms with E-state index in [9.17, 15) is 9.59 Å². The summed E-state index contributed by atoms with van der Waals surface area (Å²) in [5.74, 6) is -0.222. The SMILES string of the molecule is CCCCCCCCCCCCCCCC(=O)OC(=O)C(N)CCSC.[Co+2]. The minimum atomic E-state index is -0.682. The molecule has 0 saturated heterocycles. The molecular weight excluding hydrogens is 405 g/mol. The number of hydrogen-bond donors (Lipinski definition) is 1. The van der Waals surface area contributed by atoms with Crippen LogP contribution >= 0.6 is 11.8 Å². The number of carbonyl (C=O) groups excluding carboxylic acids is 2. The first kappa shape index (κ1) is 29.2. The summed E-state index contributed by atoms with van der Waals surface area (Å²) in [6.45, 7) is 2.26. The maximum absolute atomic E-state index is 11.6. The van der Waals surface area contributed by atoms with Crippen LogP contribution in [0.4, 0.5) is 0 Å². The van der Waals surface area contributed by atoms with E-state index in [4.69, 9.17) is 10.5 Å². The molecule has 0 fully saturated rings. The number of hydrogen-bond acceptors (Lipinski definition) is 5. The second-order valence-corrected chi connectivity index (χ2v) is 8.16. The molecule has 0 aliphatic heterocycles. The molecule has 0 heterocycles. The maximum Gasteiger partial charge on any atom is 2.00 e. The van der Waals surface area contributed by atoms with Gasteiger partial charge < -0.3 is 10.5 Å². The van der Waals surface area contributed by atoms with Gasteiger partial charge in [-0.15, -0.1) is 0 Å². The first-order valence-electron chi connectivity index (χ1n) is 10.6. The van der Waals surface area contributed by atoms with Gasteiger partial charge in [-0.1, -0.05) is 84.0 Å². The molecule has 0 aromatic carbocycles. The van der Waals surface area contributed by atoms with Crippen molar-refractivity contribution >= 4 is 23.7 Å². The van der Waals surface area contributed by atoms with E-state index in [1.165, 1.54) is 64.2 Å². The fourth-order valence-corrected chi connectivity index (χ4v) is 3.38. The summed E-state index contributed by atoms with van der Waals surface area (Å²) in [6.07, 6.45) is 19.3. The molecule has 0 aromatic heterocycles. The van der Waals surface area contributed by atoms with Gasteiger partial charge in [-0.2, -0.15) is 11.8 Å². The van der Waals surface area contributed by atoms with Crippen molar-refractivity contribution < 1.29 is 31.1 Å².